The summed E-state index contributed by atoms with van der Waals surface area (Å²) >= 11 is 0. The first-order chi connectivity index (χ1) is 12.6. The molecule has 0 unspecified atom stereocenters. The summed E-state index contributed by atoms with van der Waals surface area (Å²) in [6, 6.07) is 7.63. The van der Waals surface area contributed by atoms with E-state index in [4.69, 9.17) is 9.26 Å². The predicted molar refractivity (Wildman–Crippen MR) is 102 cm³/mol. The largest absolute Gasteiger partial charge is 0.378 e. The van der Waals surface area contributed by atoms with Crippen LogP contribution in [0.1, 0.15) is 24.7 Å². The van der Waals surface area contributed by atoms with E-state index in [1.54, 1.807) is 13.0 Å². The number of nitrogens with one attached hydrogen (secondary N) is 2. The van der Waals surface area contributed by atoms with Gasteiger partial charge in [-0.15, -0.1) is 0 Å². The van der Waals surface area contributed by atoms with Gasteiger partial charge in [-0.25, -0.2) is 0 Å². The van der Waals surface area contributed by atoms with E-state index in [0.717, 1.165) is 37.6 Å². The normalized spacial score (nSPS) is 15.6. The molecule has 26 heavy (non-hydrogen) atoms. The Hall–Kier alpha value is -2.54. The topological polar surface area (TPSA) is 79.6 Å². The highest BCUT2D eigenvalue weighted by Gasteiger charge is 2.19. The summed E-state index contributed by atoms with van der Waals surface area (Å²) in [6.45, 7) is 9.15. The predicted octanol–water partition coefficient (Wildman–Crippen LogP) is 2.96. The maximum Gasteiger partial charge on any atom is 0.248 e. The highest BCUT2D eigenvalue weighted by atomic mass is 16.5. The van der Waals surface area contributed by atoms with Crippen LogP contribution in [0, 0.1) is 13.8 Å². The fraction of sp³-hybridized carbons (Fsp3) is 0.474. The summed E-state index contributed by atoms with van der Waals surface area (Å²) in [7, 11) is 0. The van der Waals surface area contributed by atoms with Crippen molar-refractivity contribution in [3.63, 3.8) is 0 Å². The Morgan fingerprint density at radius 3 is 2.65 bits per heavy atom. The monoisotopic (exact) mass is 358 g/mol. The Balaban J connectivity index is 1.66. The van der Waals surface area contributed by atoms with E-state index < -0.39 is 0 Å². The Morgan fingerprint density at radius 2 is 2.04 bits per heavy atom. The second kappa shape index (κ2) is 8.23. The summed E-state index contributed by atoms with van der Waals surface area (Å²) < 4.78 is 10.4. The minimum Gasteiger partial charge on any atom is -0.378 e. The van der Waals surface area contributed by atoms with E-state index in [1.165, 1.54) is 5.69 Å². The van der Waals surface area contributed by atoms with Gasteiger partial charge in [0.15, 0.2) is 5.82 Å². The molecule has 7 heteroatoms. The van der Waals surface area contributed by atoms with Crippen LogP contribution in [0.15, 0.2) is 28.8 Å². The fourth-order valence-electron chi connectivity index (χ4n) is 3.01. The molecule has 2 N–H and O–H groups in total. The van der Waals surface area contributed by atoms with Crippen LogP contribution in [0.2, 0.25) is 0 Å². The number of carbonyl (C=O) groups excluding carboxylic acids is 1. The molecular weight excluding hydrogens is 332 g/mol. The van der Waals surface area contributed by atoms with Crippen LogP contribution < -0.4 is 15.5 Å². The Labute approximate surface area is 153 Å². The van der Waals surface area contributed by atoms with Gasteiger partial charge in [0.1, 0.15) is 11.8 Å². The number of morpholine rings is 1. The number of aryl methyl sites for hydroxylation is 2. The van der Waals surface area contributed by atoms with E-state index in [-0.39, 0.29) is 11.9 Å². The third-order valence-corrected chi connectivity index (χ3v) is 4.52. The van der Waals surface area contributed by atoms with Crippen molar-refractivity contribution >= 4 is 23.1 Å². The van der Waals surface area contributed by atoms with Gasteiger partial charge < -0.3 is 24.8 Å². The first-order valence-corrected chi connectivity index (χ1v) is 9.01. The summed E-state index contributed by atoms with van der Waals surface area (Å²) in [6.07, 6.45) is 0.660. The first kappa shape index (κ1) is 18.3. The van der Waals surface area contributed by atoms with Crippen LogP contribution >= 0.6 is 0 Å². The summed E-state index contributed by atoms with van der Waals surface area (Å²) in [5, 5.41) is 9.94. The van der Waals surface area contributed by atoms with E-state index in [1.807, 2.05) is 13.0 Å². The molecule has 1 aromatic carbocycles. The van der Waals surface area contributed by atoms with Gasteiger partial charge in [0.05, 0.1) is 13.2 Å². The van der Waals surface area contributed by atoms with Crippen molar-refractivity contribution in [3.05, 3.63) is 35.6 Å². The van der Waals surface area contributed by atoms with Gasteiger partial charge in [0, 0.05) is 30.5 Å². The van der Waals surface area contributed by atoms with Gasteiger partial charge in [-0.1, -0.05) is 12.1 Å². The summed E-state index contributed by atoms with van der Waals surface area (Å²) in [5.74, 6) is 0.973. The lowest BCUT2D eigenvalue weighted by Gasteiger charge is -2.29. The number of amides is 1. The van der Waals surface area contributed by atoms with Crippen LogP contribution in [0.3, 0.4) is 0 Å². The second-order valence-corrected chi connectivity index (χ2v) is 6.52. The molecule has 0 radical (unpaired) electrons. The van der Waals surface area contributed by atoms with Gasteiger partial charge in [0.2, 0.25) is 5.91 Å². The Kier molecular flexibility index (Phi) is 5.78. The van der Waals surface area contributed by atoms with Crippen molar-refractivity contribution < 1.29 is 14.1 Å². The highest BCUT2D eigenvalue weighted by Crippen LogP contribution is 2.24. The highest BCUT2D eigenvalue weighted by molar-refractivity contribution is 5.95. The smallest absolute Gasteiger partial charge is 0.248 e. The lowest BCUT2D eigenvalue weighted by molar-refractivity contribution is -0.117. The third-order valence-electron chi connectivity index (χ3n) is 4.52. The Bertz CT molecular complexity index is 753. The molecule has 1 amide bonds. The van der Waals surface area contributed by atoms with E-state index in [9.17, 15) is 4.79 Å². The van der Waals surface area contributed by atoms with Gasteiger partial charge in [-0.3, -0.25) is 4.79 Å². The van der Waals surface area contributed by atoms with Crippen molar-refractivity contribution in [2.75, 3.05) is 41.8 Å². The quantitative estimate of drug-likeness (QED) is 0.826. The minimum atomic E-state index is -0.347. The van der Waals surface area contributed by atoms with Crippen LogP contribution in [-0.4, -0.2) is 43.4 Å². The molecule has 1 atom stereocenters. The number of aromatic nitrogens is 1. The zero-order valence-electron chi connectivity index (χ0n) is 15.5. The molecule has 1 aliphatic heterocycles. The molecule has 0 spiro atoms. The number of benzene rings is 1. The fourth-order valence-corrected chi connectivity index (χ4v) is 3.01. The van der Waals surface area contributed by atoms with E-state index >= 15 is 0 Å². The lowest BCUT2D eigenvalue weighted by atomic mass is 10.1. The van der Waals surface area contributed by atoms with Crippen molar-refractivity contribution in [3.8, 4) is 0 Å². The molecule has 2 heterocycles. The van der Waals surface area contributed by atoms with Gasteiger partial charge in [-0.2, -0.15) is 0 Å². The second-order valence-electron chi connectivity index (χ2n) is 6.52. The average molecular weight is 358 g/mol. The molecule has 1 aromatic heterocycles. The lowest BCUT2D eigenvalue weighted by Crippen LogP contribution is -2.36. The molecule has 2 aromatic rings. The van der Waals surface area contributed by atoms with Crippen LogP contribution in [-0.2, 0) is 9.53 Å². The zero-order chi connectivity index (χ0) is 18.5. The molecular formula is C19H26N4O3. The van der Waals surface area contributed by atoms with E-state index in [0.29, 0.717) is 18.0 Å². The Morgan fingerprint density at radius 1 is 1.27 bits per heavy atom. The number of hydrogen-bond acceptors (Lipinski definition) is 6. The third kappa shape index (κ3) is 4.35. The SMILES string of the molecule is CC[C@H](Nc1ccc(N2CCOCC2)cc1C)C(=O)Nc1cc(C)on1. The van der Waals surface area contributed by atoms with Crippen molar-refractivity contribution in [1.82, 2.24) is 5.16 Å². The molecule has 0 bridgehead atoms. The number of hydrogen-bond donors (Lipinski definition) is 2. The van der Waals surface area contributed by atoms with Crippen molar-refractivity contribution in [2.45, 2.75) is 33.2 Å². The molecule has 1 aliphatic rings. The van der Waals surface area contributed by atoms with Crippen molar-refractivity contribution in [2.24, 2.45) is 0 Å². The average Bonchev–Trinajstić information content (AvgIpc) is 3.06. The minimum absolute atomic E-state index is 0.127. The molecule has 0 saturated carbocycles. The van der Waals surface area contributed by atoms with Gasteiger partial charge >= 0.3 is 0 Å². The first-order valence-electron chi connectivity index (χ1n) is 9.01. The van der Waals surface area contributed by atoms with E-state index in [2.05, 4.69) is 39.7 Å². The number of rotatable bonds is 6. The summed E-state index contributed by atoms with van der Waals surface area (Å²) in [5.41, 5.74) is 3.25. The van der Waals surface area contributed by atoms with Crippen LogP contribution in [0.5, 0.6) is 0 Å². The number of nitrogens with zero attached hydrogens (tertiary/aromatic N) is 2. The molecule has 3 rings (SSSR count). The molecule has 7 nitrogen and oxygen atoms in total. The molecule has 1 fully saturated rings. The molecule has 0 aliphatic carbocycles. The zero-order valence-corrected chi connectivity index (χ0v) is 15.5. The number of carbonyl (C=O) groups is 1. The molecule has 1 saturated heterocycles. The van der Waals surface area contributed by atoms with Crippen molar-refractivity contribution in [1.29, 1.82) is 0 Å². The van der Waals surface area contributed by atoms with Crippen LogP contribution in [0.4, 0.5) is 17.2 Å². The maximum atomic E-state index is 12.5. The van der Waals surface area contributed by atoms with Gasteiger partial charge in [0.25, 0.3) is 0 Å². The molecule has 140 valence electrons. The van der Waals surface area contributed by atoms with Crippen LogP contribution in [0.25, 0.3) is 0 Å². The van der Waals surface area contributed by atoms with Gasteiger partial charge in [-0.05, 0) is 44.0 Å². The number of anilines is 3. The summed E-state index contributed by atoms with van der Waals surface area (Å²) in [4.78, 5) is 14.8. The maximum absolute atomic E-state index is 12.5. The number of ether oxygens (including phenoxy) is 1. The standard InChI is InChI=1S/C19H26N4O3/c1-4-16(19(24)21-18-12-14(3)26-22-18)20-17-6-5-15(11-13(17)2)23-7-9-25-10-8-23/h5-6,11-12,16,20H,4,7-10H2,1-3H3,(H,21,22,24)/t16-/m0/s1.